The van der Waals surface area contributed by atoms with Gasteiger partial charge >= 0.3 is 0 Å². The molecule has 176 valence electrons. The first-order valence-electron chi connectivity index (χ1n) is 12.5. The zero-order valence-electron chi connectivity index (χ0n) is 20.2. The van der Waals surface area contributed by atoms with Gasteiger partial charge in [-0.1, -0.05) is 20.3 Å². The maximum atomic E-state index is 7.15. The second-order valence-corrected chi connectivity index (χ2v) is 10.8. The number of rotatable bonds is 4. The molecule has 34 heavy (non-hydrogen) atoms. The van der Waals surface area contributed by atoms with Crippen molar-refractivity contribution in [1.29, 1.82) is 0 Å². The molecule has 2 aliphatic rings. The molecular formula is C27H33N7. The Morgan fingerprint density at radius 2 is 2.00 bits per heavy atom. The number of hydrogen-bond donors (Lipinski definition) is 3. The first kappa shape index (κ1) is 21.6. The van der Waals surface area contributed by atoms with E-state index in [4.69, 9.17) is 15.7 Å². The summed E-state index contributed by atoms with van der Waals surface area (Å²) in [5.41, 5.74) is 13.3. The molecule has 0 aromatic carbocycles. The molecule has 4 N–H and O–H groups in total. The summed E-state index contributed by atoms with van der Waals surface area (Å²) in [4.78, 5) is 22.7. The summed E-state index contributed by atoms with van der Waals surface area (Å²) in [5, 5.41) is 5.70. The maximum Gasteiger partial charge on any atom is 0.160 e. The number of hydrogen-bond acceptors (Lipinski definition) is 6. The lowest BCUT2D eigenvalue weighted by atomic mass is 9.69. The third-order valence-corrected chi connectivity index (χ3v) is 8.08. The van der Waals surface area contributed by atoms with Crippen molar-refractivity contribution >= 4 is 21.9 Å². The van der Waals surface area contributed by atoms with E-state index in [0.717, 1.165) is 58.4 Å². The molecule has 4 aromatic rings. The predicted octanol–water partition coefficient (Wildman–Crippen LogP) is 4.78. The highest BCUT2D eigenvalue weighted by Gasteiger charge is 2.39. The van der Waals surface area contributed by atoms with Gasteiger partial charge in [0.2, 0.25) is 0 Å². The normalized spacial score (nSPS) is 21.6. The van der Waals surface area contributed by atoms with E-state index in [-0.39, 0.29) is 11.5 Å². The van der Waals surface area contributed by atoms with Crippen LogP contribution in [0.2, 0.25) is 0 Å². The number of aromatic amines is 1. The van der Waals surface area contributed by atoms with Gasteiger partial charge in [0.05, 0.1) is 23.4 Å². The van der Waals surface area contributed by atoms with Gasteiger partial charge < -0.3 is 16.0 Å². The predicted molar refractivity (Wildman–Crippen MR) is 135 cm³/mol. The summed E-state index contributed by atoms with van der Waals surface area (Å²) in [6, 6.07) is 3.95. The van der Waals surface area contributed by atoms with Crippen LogP contribution >= 0.6 is 0 Å². The molecule has 7 nitrogen and oxygen atoms in total. The van der Waals surface area contributed by atoms with Crippen molar-refractivity contribution in [3.8, 4) is 11.4 Å². The number of H-pyrrole nitrogens is 1. The summed E-state index contributed by atoms with van der Waals surface area (Å²) in [6.45, 7) is 8.63. The highest BCUT2D eigenvalue weighted by atomic mass is 15.0. The van der Waals surface area contributed by atoms with E-state index in [9.17, 15) is 0 Å². The van der Waals surface area contributed by atoms with E-state index in [1.54, 1.807) is 0 Å². The monoisotopic (exact) mass is 455 g/mol. The molecule has 2 fully saturated rings. The van der Waals surface area contributed by atoms with Crippen LogP contribution in [0.1, 0.15) is 68.4 Å². The van der Waals surface area contributed by atoms with Crippen LogP contribution in [0.5, 0.6) is 0 Å². The Morgan fingerprint density at radius 3 is 2.76 bits per heavy atom. The smallest absolute Gasteiger partial charge is 0.160 e. The molecule has 6 rings (SSSR count). The van der Waals surface area contributed by atoms with Crippen LogP contribution in [0.3, 0.4) is 0 Å². The van der Waals surface area contributed by atoms with Crippen LogP contribution in [0.4, 0.5) is 0 Å². The highest BCUT2D eigenvalue weighted by molar-refractivity contribution is 5.93. The van der Waals surface area contributed by atoms with E-state index in [2.05, 4.69) is 40.2 Å². The Balaban J connectivity index is 1.59. The highest BCUT2D eigenvalue weighted by Crippen LogP contribution is 2.44. The Kier molecular flexibility index (Phi) is 5.15. The Labute approximate surface area is 200 Å². The molecule has 1 aliphatic heterocycles. The maximum absolute atomic E-state index is 7.15. The average molecular weight is 456 g/mol. The molecule has 7 heteroatoms. The summed E-state index contributed by atoms with van der Waals surface area (Å²) < 4.78 is 0. The molecule has 0 bridgehead atoms. The van der Waals surface area contributed by atoms with E-state index >= 15 is 0 Å². The lowest BCUT2D eigenvalue weighted by Gasteiger charge is -2.42. The molecule has 4 aromatic heterocycles. The second-order valence-electron chi connectivity index (χ2n) is 10.8. The summed E-state index contributed by atoms with van der Waals surface area (Å²) in [5.74, 6) is 1.55. The minimum atomic E-state index is -0.173. The van der Waals surface area contributed by atoms with E-state index in [0.29, 0.717) is 17.7 Å². The summed E-state index contributed by atoms with van der Waals surface area (Å²) >= 11 is 0. The van der Waals surface area contributed by atoms with Gasteiger partial charge in [0.1, 0.15) is 5.65 Å². The molecule has 2 atom stereocenters. The zero-order valence-corrected chi connectivity index (χ0v) is 20.2. The van der Waals surface area contributed by atoms with Crippen molar-refractivity contribution in [3.63, 3.8) is 0 Å². The number of nitrogens with one attached hydrogen (secondary N) is 2. The third-order valence-electron chi connectivity index (χ3n) is 8.08. The number of nitrogens with zero attached hydrogens (tertiary/aromatic N) is 4. The van der Waals surface area contributed by atoms with Gasteiger partial charge in [-0.2, -0.15) is 0 Å². The van der Waals surface area contributed by atoms with Crippen LogP contribution in [0.15, 0.2) is 30.7 Å². The first-order valence-corrected chi connectivity index (χ1v) is 12.5. The number of fused-ring (bicyclic) bond motifs is 2. The van der Waals surface area contributed by atoms with E-state index < -0.39 is 0 Å². The number of nitrogens with two attached hydrogens (primary N) is 1. The quantitative estimate of drug-likeness (QED) is 0.409. The van der Waals surface area contributed by atoms with Crippen LogP contribution in [0.25, 0.3) is 33.3 Å². The molecule has 1 saturated carbocycles. The standard InChI is InChI=1S/C27H33N7/c1-15-11-18-17(7-10-31-25(18)32-15)26-33-21-13-30-12-19(16-5-4-6-16)22(21)24(34-26)23(28)20-8-9-29-14-27(20,2)3/h7,10-13,16,20,23,29H,4-6,8-9,14,28H2,1-3H3,(H,31,32). The van der Waals surface area contributed by atoms with Gasteiger partial charge in [-0.3, -0.25) is 4.98 Å². The molecule has 2 unspecified atom stereocenters. The van der Waals surface area contributed by atoms with Gasteiger partial charge in [0.15, 0.2) is 5.82 Å². The average Bonchev–Trinajstić information content (AvgIpc) is 3.17. The zero-order chi connectivity index (χ0) is 23.4. The lowest BCUT2D eigenvalue weighted by molar-refractivity contribution is 0.128. The van der Waals surface area contributed by atoms with Crippen molar-refractivity contribution in [3.05, 3.63) is 47.7 Å². The SMILES string of the molecule is Cc1cc2c(-c3nc(C(N)C4CCNCC4(C)C)c4c(C5CCC5)cncc4n3)ccnc2[nH]1. The van der Waals surface area contributed by atoms with Crippen molar-refractivity contribution < 1.29 is 0 Å². The van der Waals surface area contributed by atoms with Gasteiger partial charge in [-0.25, -0.2) is 15.0 Å². The van der Waals surface area contributed by atoms with Gasteiger partial charge in [0, 0.05) is 41.0 Å². The summed E-state index contributed by atoms with van der Waals surface area (Å²) in [7, 11) is 0. The molecule has 5 heterocycles. The largest absolute Gasteiger partial charge is 0.344 e. The van der Waals surface area contributed by atoms with Gasteiger partial charge in [-0.15, -0.1) is 0 Å². The van der Waals surface area contributed by atoms with Crippen LogP contribution in [0, 0.1) is 18.3 Å². The number of aromatic nitrogens is 5. The fourth-order valence-electron chi connectivity index (χ4n) is 5.93. The second kappa shape index (κ2) is 8.10. The summed E-state index contributed by atoms with van der Waals surface area (Å²) in [6.07, 6.45) is 10.4. The molecule has 0 amide bonds. The molecule has 1 aliphatic carbocycles. The van der Waals surface area contributed by atoms with E-state index in [1.165, 1.54) is 24.8 Å². The van der Waals surface area contributed by atoms with Crippen molar-refractivity contribution in [1.82, 2.24) is 30.2 Å². The molecule has 0 radical (unpaired) electrons. The van der Waals surface area contributed by atoms with Crippen molar-refractivity contribution in [2.24, 2.45) is 17.1 Å². The van der Waals surface area contributed by atoms with Crippen LogP contribution in [-0.2, 0) is 0 Å². The topological polar surface area (TPSA) is 105 Å². The lowest BCUT2D eigenvalue weighted by Crippen LogP contribution is -2.47. The molecule has 1 saturated heterocycles. The first-order chi connectivity index (χ1) is 16.4. The number of pyridine rings is 2. The van der Waals surface area contributed by atoms with Crippen molar-refractivity contribution in [2.75, 3.05) is 13.1 Å². The minimum absolute atomic E-state index is 0.0838. The number of aryl methyl sites for hydroxylation is 1. The van der Waals surface area contributed by atoms with Crippen LogP contribution < -0.4 is 11.1 Å². The molecule has 0 spiro atoms. The third kappa shape index (κ3) is 3.49. The fraction of sp³-hybridized carbons (Fsp3) is 0.481. The Morgan fingerprint density at radius 1 is 1.15 bits per heavy atom. The van der Waals surface area contributed by atoms with Crippen LogP contribution in [-0.4, -0.2) is 38.0 Å². The Bertz CT molecular complexity index is 1370. The van der Waals surface area contributed by atoms with E-state index in [1.807, 2.05) is 31.6 Å². The van der Waals surface area contributed by atoms with Gasteiger partial charge in [0.25, 0.3) is 0 Å². The Hall–Kier alpha value is -2.90. The van der Waals surface area contributed by atoms with Gasteiger partial charge in [-0.05, 0) is 67.7 Å². The minimum Gasteiger partial charge on any atom is -0.344 e. The molecular weight excluding hydrogens is 422 g/mol. The number of piperidine rings is 1. The van der Waals surface area contributed by atoms with Crippen molar-refractivity contribution in [2.45, 2.75) is 58.4 Å². The fourth-order valence-corrected chi connectivity index (χ4v) is 5.93.